The van der Waals surface area contributed by atoms with Crippen LogP contribution < -0.4 is 10.9 Å². The number of hydrogen-bond donors (Lipinski definition) is 2. The number of hydrogen-bond acceptors (Lipinski definition) is 3. The van der Waals surface area contributed by atoms with Crippen LogP contribution >= 0.6 is 0 Å². The Morgan fingerprint density at radius 3 is 2.73 bits per heavy atom. The standard InChI is InChI=1S/C11H19N3O/c1-8(11(2,3)4)6-12-9-5-10(15)14-13-7-9/h5,7-8H,6H2,1-4H3,(H2,12,14,15). The van der Waals surface area contributed by atoms with Crippen molar-refractivity contribution in [1.29, 1.82) is 0 Å². The lowest BCUT2D eigenvalue weighted by Gasteiger charge is -2.27. The molecule has 4 heteroatoms. The molecule has 1 atom stereocenters. The molecular weight excluding hydrogens is 190 g/mol. The van der Waals surface area contributed by atoms with Gasteiger partial charge in [0.1, 0.15) is 0 Å². The van der Waals surface area contributed by atoms with Gasteiger partial charge >= 0.3 is 0 Å². The summed E-state index contributed by atoms with van der Waals surface area (Å²) in [6, 6.07) is 1.52. The first-order valence-corrected chi connectivity index (χ1v) is 5.18. The van der Waals surface area contributed by atoms with Crippen LogP contribution in [-0.4, -0.2) is 16.7 Å². The fourth-order valence-corrected chi connectivity index (χ4v) is 1.05. The zero-order valence-corrected chi connectivity index (χ0v) is 9.79. The van der Waals surface area contributed by atoms with Crippen molar-refractivity contribution < 1.29 is 0 Å². The molecule has 0 aliphatic rings. The topological polar surface area (TPSA) is 57.8 Å². The van der Waals surface area contributed by atoms with E-state index < -0.39 is 0 Å². The Bertz CT molecular complexity index is 365. The third-order valence-corrected chi connectivity index (χ3v) is 2.76. The second-order valence-corrected chi connectivity index (χ2v) is 4.98. The number of aromatic nitrogens is 2. The van der Waals surface area contributed by atoms with Gasteiger partial charge in [-0.25, -0.2) is 5.10 Å². The van der Waals surface area contributed by atoms with Gasteiger partial charge in [0.25, 0.3) is 5.56 Å². The lowest BCUT2D eigenvalue weighted by Crippen LogP contribution is -2.25. The minimum Gasteiger partial charge on any atom is -0.383 e. The molecule has 4 nitrogen and oxygen atoms in total. The maximum absolute atomic E-state index is 11.0. The van der Waals surface area contributed by atoms with E-state index in [1.807, 2.05) is 0 Å². The van der Waals surface area contributed by atoms with Crippen molar-refractivity contribution in [2.24, 2.45) is 11.3 Å². The smallest absolute Gasteiger partial charge is 0.266 e. The molecule has 2 N–H and O–H groups in total. The largest absolute Gasteiger partial charge is 0.383 e. The highest BCUT2D eigenvalue weighted by Gasteiger charge is 2.19. The maximum atomic E-state index is 11.0. The Morgan fingerprint density at radius 2 is 2.20 bits per heavy atom. The number of anilines is 1. The van der Waals surface area contributed by atoms with E-state index in [4.69, 9.17) is 0 Å². The maximum Gasteiger partial charge on any atom is 0.266 e. The molecule has 1 unspecified atom stereocenters. The first-order chi connectivity index (χ1) is 6.89. The summed E-state index contributed by atoms with van der Waals surface area (Å²) in [6.07, 6.45) is 1.62. The van der Waals surface area contributed by atoms with E-state index >= 15 is 0 Å². The zero-order valence-electron chi connectivity index (χ0n) is 9.79. The van der Waals surface area contributed by atoms with Gasteiger partial charge in [-0.2, -0.15) is 5.10 Å². The predicted octanol–water partition coefficient (Wildman–Crippen LogP) is 1.86. The Balaban J connectivity index is 2.54. The van der Waals surface area contributed by atoms with E-state index in [9.17, 15) is 4.79 Å². The summed E-state index contributed by atoms with van der Waals surface area (Å²) >= 11 is 0. The van der Waals surface area contributed by atoms with Crippen LogP contribution in [0.4, 0.5) is 5.69 Å². The van der Waals surface area contributed by atoms with Gasteiger partial charge in [0.15, 0.2) is 0 Å². The van der Waals surface area contributed by atoms with Crippen molar-refractivity contribution >= 4 is 5.69 Å². The molecule has 0 aliphatic carbocycles. The van der Waals surface area contributed by atoms with Crippen LogP contribution in [0, 0.1) is 11.3 Å². The minimum atomic E-state index is -0.177. The molecule has 84 valence electrons. The van der Waals surface area contributed by atoms with Crippen molar-refractivity contribution in [3.63, 3.8) is 0 Å². The lowest BCUT2D eigenvalue weighted by molar-refractivity contribution is 0.274. The van der Waals surface area contributed by atoms with Crippen molar-refractivity contribution in [3.05, 3.63) is 22.6 Å². The molecule has 15 heavy (non-hydrogen) atoms. The van der Waals surface area contributed by atoms with Gasteiger partial charge in [0.05, 0.1) is 11.9 Å². The van der Waals surface area contributed by atoms with Crippen LogP contribution in [0.25, 0.3) is 0 Å². The molecule has 0 saturated carbocycles. The van der Waals surface area contributed by atoms with Crippen LogP contribution in [0.3, 0.4) is 0 Å². The lowest BCUT2D eigenvalue weighted by atomic mass is 9.82. The fourth-order valence-electron chi connectivity index (χ4n) is 1.05. The summed E-state index contributed by atoms with van der Waals surface area (Å²) in [7, 11) is 0. The molecule has 0 saturated heterocycles. The quantitative estimate of drug-likeness (QED) is 0.799. The minimum absolute atomic E-state index is 0.177. The van der Waals surface area contributed by atoms with E-state index in [0.29, 0.717) is 5.92 Å². The average Bonchev–Trinajstić information content (AvgIpc) is 2.12. The molecule has 0 aliphatic heterocycles. The highest BCUT2D eigenvalue weighted by Crippen LogP contribution is 2.25. The SMILES string of the molecule is CC(CNc1cn[nH]c(=O)c1)C(C)(C)C. The van der Waals surface area contributed by atoms with E-state index in [2.05, 4.69) is 43.2 Å². The van der Waals surface area contributed by atoms with E-state index in [1.165, 1.54) is 6.07 Å². The Kier molecular flexibility index (Phi) is 3.50. The highest BCUT2D eigenvalue weighted by molar-refractivity contribution is 5.38. The number of H-pyrrole nitrogens is 1. The summed E-state index contributed by atoms with van der Waals surface area (Å²) in [5.74, 6) is 0.525. The molecular formula is C11H19N3O. The van der Waals surface area contributed by atoms with Gasteiger partial charge in [-0.15, -0.1) is 0 Å². The van der Waals surface area contributed by atoms with Crippen LogP contribution in [0.1, 0.15) is 27.7 Å². The second kappa shape index (κ2) is 4.47. The third-order valence-electron chi connectivity index (χ3n) is 2.76. The molecule has 1 rings (SSSR count). The number of nitrogens with one attached hydrogen (secondary N) is 2. The average molecular weight is 209 g/mol. The summed E-state index contributed by atoms with van der Waals surface area (Å²) in [5, 5.41) is 9.28. The van der Waals surface area contributed by atoms with Crippen molar-refractivity contribution in [2.75, 3.05) is 11.9 Å². The molecule has 1 heterocycles. The monoisotopic (exact) mass is 209 g/mol. The van der Waals surface area contributed by atoms with Crippen molar-refractivity contribution in [3.8, 4) is 0 Å². The Labute approximate surface area is 90.1 Å². The molecule has 0 aromatic carbocycles. The highest BCUT2D eigenvalue weighted by atomic mass is 16.1. The summed E-state index contributed by atoms with van der Waals surface area (Å²) in [6.45, 7) is 9.64. The first kappa shape index (κ1) is 11.8. The first-order valence-electron chi connectivity index (χ1n) is 5.18. The second-order valence-electron chi connectivity index (χ2n) is 4.98. The Morgan fingerprint density at radius 1 is 1.53 bits per heavy atom. The molecule has 0 bridgehead atoms. The van der Waals surface area contributed by atoms with Gasteiger partial charge < -0.3 is 5.32 Å². The summed E-state index contributed by atoms with van der Waals surface area (Å²) < 4.78 is 0. The summed E-state index contributed by atoms with van der Waals surface area (Å²) in [4.78, 5) is 11.0. The normalized spacial score (nSPS) is 13.6. The van der Waals surface area contributed by atoms with Crippen molar-refractivity contribution in [1.82, 2.24) is 10.2 Å². The molecule has 0 spiro atoms. The molecule has 1 aromatic heterocycles. The molecule has 0 radical (unpaired) electrons. The molecule has 0 amide bonds. The number of aromatic amines is 1. The van der Waals surface area contributed by atoms with Crippen molar-refractivity contribution in [2.45, 2.75) is 27.7 Å². The van der Waals surface area contributed by atoms with Gasteiger partial charge in [0, 0.05) is 12.6 Å². The zero-order chi connectivity index (χ0) is 11.5. The van der Waals surface area contributed by atoms with Gasteiger partial charge in [0.2, 0.25) is 0 Å². The Hall–Kier alpha value is -1.32. The molecule has 1 aromatic rings. The fraction of sp³-hybridized carbons (Fsp3) is 0.636. The predicted molar refractivity (Wildman–Crippen MR) is 62.0 cm³/mol. The van der Waals surface area contributed by atoms with Gasteiger partial charge in [-0.3, -0.25) is 4.79 Å². The van der Waals surface area contributed by atoms with E-state index in [0.717, 1.165) is 12.2 Å². The number of nitrogens with zero attached hydrogens (tertiary/aromatic N) is 1. The van der Waals surface area contributed by atoms with Crippen LogP contribution in [0.5, 0.6) is 0 Å². The van der Waals surface area contributed by atoms with E-state index in [1.54, 1.807) is 6.20 Å². The summed E-state index contributed by atoms with van der Waals surface area (Å²) in [5.41, 5.74) is 0.861. The number of rotatable bonds is 3. The van der Waals surface area contributed by atoms with Crippen LogP contribution in [0.15, 0.2) is 17.1 Å². The van der Waals surface area contributed by atoms with Gasteiger partial charge in [-0.1, -0.05) is 27.7 Å². The van der Waals surface area contributed by atoms with E-state index in [-0.39, 0.29) is 11.0 Å². The third kappa shape index (κ3) is 3.73. The van der Waals surface area contributed by atoms with Crippen LogP contribution in [-0.2, 0) is 0 Å². The van der Waals surface area contributed by atoms with Crippen LogP contribution in [0.2, 0.25) is 0 Å². The molecule has 0 fully saturated rings. The van der Waals surface area contributed by atoms with Gasteiger partial charge in [-0.05, 0) is 11.3 Å².